The van der Waals surface area contributed by atoms with E-state index in [1.807, 2.05) is 72.8 Å². The van der Waals surface area contributed by atoms with Gasteiger partial charge in [-0.15, -0.1) is 0 Å². The molecule has 0 radical (unpaired) electrons. The molecule has 2 spiro atoms. The van der Waals surface area contributed by atoms with Crippen molar-refractivity contribution >= 4 is 24.0 Å². The molecule has 0 atom stereocenters. The largest absolute Gasteiger partial charge is 0.490 e. The van der Waals surface area contributed by atoms with Gasteiger partial charge in [-0.05, 0) is 97.6 Å². The van der Waals surface area contributed by atoms with E-state index < -0.39 is 11.8 Å². The van der Waals surface area contributed by atoms with Crippen molar-refractivity contribution in [2.75, 3.05) is 0 Å². The minimum Gasteiger partial charge on any atom is -0.490 e. The number of primary amides is 2. The summed E-state index contributed by atoms with van der Waals surface area (Å²) in [6.07, 6.45) is 6.89. The molecule has 0 aromatic heterocycles. The summed E-state index contributed by atoms with van der Waals surface area (Å²) in [5.41, 5.74) is 14.0. The van der Waals surface area contributed by atoms with Crippen molar-refractivity contribution in [3.63, 3.8) is 0 Å². The lowest BCUT2D eigenvalue weighted by Crippen LogP contribution is -2.58. The van der Waals surface area contributed by atoms with Gasteiger partial charge < -0.3 is 41.0 Å². The molecule has 6 N–H and O–H groups in total. The third kappa shape index (κ3) is 9.42. The van der Waals surface area contributed by atoms with Crippen LogP contribution in [0.3, 0.4) is 0 Å². The summed E-state index contributed by atoms with van der Waals surface area (Å²) in [4.78, 5) is 46.9. The zero-order valence-electron chi connectivity index (χ0n) is 31.2. The first kappa shape index (κ1) is 38.2. The lowest BCUT2D eigenvalue weighted by atomic mass is 9.53. The first-order valence-corrected chi connectivity index (χ1v) is 19.1. The number of hydrogen-bond donors (Lipinski definition) is 4. The molecule has 56 heavy (non-hydrogen) atoms. The van der Waals surface area contributed by atoms with Gasteiger partial charge in [0.05, 0.1) is 23.3 Å². The van der Waals surface area contributed by atoms with Crippen molar-refractivity contribution in [2.24, 2.45) is 22.3 Å². The van der Waals surface area contributed by atoms with E-state index >= 15 is 0 Å². The standard InChI is InChI=1S/2C22H24N2O4/c2*23-20(25)18-8-4-5-9-19(18)28-17-12-22(13-17)10-16(11-22)24-21(26)27-14-15-6-2-1-3-7-15/h2*1-9,16-17H,10-14H2,(H2,23,25)(H,24,26). The maximum absolute atomic E-state index is 11.9. The second kappa shape index (κ2) is 16.8. The average Bonchev–Trinajstić information content (AvgIpc) is 3.14. The van der Waals surface area contributed by atoms with Crippen LogP contribution in [-0.4, -0.2) is 48.3 Å². The fourth-order valence-electron chi connectivity index (χ4n) is 8.59. The van der Waals surface area contributed by atoms with Gasteiger partial charge in [-0.2, -0.15) is 0 Å². The SMILES string of the molecule is NC(=O)c1ccccc1OC1CC2(CC(NC(=O)OCc3ccccc3)C2)C1.NC(=O)c1ccccc1OC1CC2(CC(NC(=O)OCc3ccccc3)C2)C1. The maximum Gasteiger partial charge on any atom is 0.407 e. The van der Waals surface area contributed by atoms with Crippen LogP contribution in [0.25, 0.3) is 0 Å². The Labute approximate surface area is 326 Å². The molecule has 0 aliphatic heterocycles. The predicted molar refractivity (Wildman–Crippen MR) is 208 cm³/mol. The van der Waals surface area contributed by atoms with Gasteiger partial charge in [0.25, 0.3) is 11.8 Å². The van der Waals surface area contributed by atoms with Gasteiger partial charge in [-0.1, -0.05) is 84.9 Å². The second-order valence-electron chi connectivity index (χ2n) is 15.6. The normalized spacial score (nSPS) is 25.3. The molecule has 4 aliphatic carbocycles. The van der Waals surface area contributed by atoms with Crippen LogP contribution in [0.2, 0.25) is 0 Å². The summed E-state index contributed by atoms with van der Waals surface area (Å²) in [5.74, 6) is 0.139. The minimum atomic E-state index is -0.480. The Hall–Kier alpha value is -6.04. The van der Waals surface area contributed by atoms with Crippen molar-refractivity contribution < 1.29 is 38.1 Å². The average molecular weight is 761 g/mol. The number of para-hydroxylation sites is 2. The van der Waals surface area contributed by atoms with Gasteiger partial charge in [-0.3, -0.25) is 9.59 Å². The molecule has 0 saturated heterocycles. The molecule has 0 bridgehead atoms. The van der Waals surface area contributed by atoms with E-state index in [1.165, 1.54) is 0 Å². The highest BCUT2D eigenvalue weighted by Crippen LogP contribution is 2.58. The fraction of sp³-hybridized carbons (Fsp3) is 0.364. The molecule has 4 aromatic carbocycles. The van der Waals surface area contributed by atoms with Gasteiger partial charge in [0.2, 0.25) is 0 Å². The maximum atomic E-state index is 11.9. The number of hydrogen-bond acceptors (Lipinski definition) is 8. The number of alkyl carbamates (subject to hydrolysis) is 2. The number of carbonyl (C=O) groups is 4. The zero-order valence-corrected chi connectivity index (χ0v) is 31.2. The Morgan fingerprint density at radius 3 is 1.20 bits per heavy atom. The summed E-state index contributed by atoms with van der Waals surface area (Å²) < 4.78 is 22.5. The fourth-order valence-corrected chi connectivity index (χ4v) is 8.59. The zero-order chi connectivity index (χ0) is 39.1. The van der Waals surface area contributed by atoms with E-state index in [1.54, 1.807) is 36.4 Å². The predicted octanol–water partition coefficient (Wildman–Crippen LogP) is 6.80. The molecule has 4 saturated carbocycles. The molecule has 4 amide bonds. The topological polar surface area (TPSA) is 181 Å². The quantitative estimate of drug-likeness (QED) is 0.122. The molecule has 12 heteroatoms. The highest BCUT2D eigenvalue weighted by molar-refractivity contribution is 5.96. The smallest absolute Gasteiger partial charge is 0.407 e. The van der Waals surface area contributed by atoms with E-state index in [2.05, 4.69) is 10.6 Å². The van der Waals surface area contributed by atoms with Crippen molar-refractivity contribution in [2.45, 2.75) is 88.9 Å². The van der Waals surface area contributed by atoms with Gasteiger partial charge >= 0.3 is 12.2 Å². The van der Waals surface area contributed by atoms with Crippen molar-refractivity contribution in [3.05, 3.63) is 131 Å². The van der Waals surface area contributed by atoms with Gasteiger partial charge in [0.15, 0.2) is 0 Å². The summed E-state index contributed by atoms with van der Waals surface area (Å²) in [6, 6.07) is 33.7. The molecule has 0 unspecified atom stereocenters. The van der Waals surface area contributed by atoms with Crippen molar-refractivity contribution in [1.29, 1.82) is 0 Å². The lowest BCUT2D eigenvalue weighted by Gasteiger charge is -2.57. The van der Waals surface area contributed by atoms with Gasteiger partial charge in [-0.25, -0.2) is 9.59 Å². The van der Waals surface area contributed by atoms with Gasteiger partial charge in [0, 0.05) is 12.1 Å². The molecule has 0 heterocycles. The van der Waals surface area contributed by atoms with Crippen molar-refractivity contribution in [3.8, 4) is 11.5 Å². The highest BCUT2D eigenvalue weighted by Gasteiger charge is 2.55. The highest BCUT2D eigenvalue weighted by atomic mass is 16.6. The Balaban J connectivity index is 0.000000172. The van der Waals surface area contributed by atoms with Crippen LogP contribution in [0.15, 0.2) is 109 Å². The van der Waals surface area contributed by atoms with E-state index in [9.17, 15) is 19.2 Å². The van der Waals surface area contributed by atoms with Crippen LogP contribution in [0.4, 0.5) is 9.59 Å². The van der Waals surface area contributed by atoms with E-state index in [0.717, 1.165) is 62.5 Å². The summed E-state index contributed by atoms with van der Waals surface area (Å²) in [7, 11) is 0. The van der Waals surface area contributed by atoms with Crippen LogP contribution in [-0.2, 0) is 22.7 Å². The summed E-state index contributed by atoms with van der Waals surface area (Å²) in [6.45, 7) is 0.555. The van der Waals surface area contributed by atoms with Crippen LogP contribution in [0, 0.1) is 10.8 Å². The second-order valence-corrected chi connectivity index (χ2v) is 15.6. The van der Waals surface area contributed by atoms with Crippen LogP contribution >= 0.6 is 0 Å². The monoisotopic (exact) mass is 760 g/mol. The Bertz CT molecular complexity index is 1850. The van der Waals surface area contributed by atoms with E-state index in [-0.39, 0.29) is 60.5 Å². The van der Waals surface area contributed by atoms with E-state index in [0.29, 0.717) is 22.6 Å². The van der Waals surface area contributed by atoms with Gasteiger partial charge in [0.1, 0.15) is 24.7 Å². The first-order valence-electron chi connectivity index (χ1n) is 19.1. The number of nitrogens with two attached hydrogens (primary N) is 2. The lowest BCUT2D eigenvalue weighted by molar-refractivity contribution is -0.0848. The number of ether oxygens (including phenoxy) is 4. The van der Waals surface area contributed by atoms with Crippen LogP contribution in [0.5, 0.6) is 11.5 Å². The first-order chi connectivity index (χ1) is 27.1. The summed E-state index contributed by atoms with van der Waals surface area (Å²) in [5, 5.41) is 5.87. The molecule has 4 aromatic rings. The number of benzene rings is 4. The third-order valence-electron chi connectivity index (χ3n) is 11.3. The number of nitrogens with one attached hydrogen (secondary N) is 2. The Kier molecular flexibility index (Phi) is 11.4. The summed E-state index contributed by atoms with van der Waals surface area (Å²) >= 11 is 0. The molecule has 4 fully saturated rings. The Morgan fingerprint density at radius 2 is 0.839 bits per heavy atom. The molecule has 12 nitrogen and oxygen atoms in total. The number of carbonyl (C=O) groups excluding carboxylic acids is 4. The third-order valence-corrected chi connectivity index (χ3v) is 11.3. The number of rotatable bonds is 12. The minimum absolute atomic E-state index is 0.0893. The molecular weight excluding hydrogens is 713 g/mol. The Morgan fingerprint density at radius 1 is 0.500 bits per heavy atom. The molecule has 292 valence electrons. The van der Waals surface area contributed by atoms with Crippen LogP contribution < -0.4 is 31.6 Å². The number of amides is 4. The molecular formula is C44H48N4O8. The molecule has 8 rings (SSSR count). The van der Waals surface area contributed by atoms with E-state index in [4.69, 9.17) is 30.4 Å². The van der Waals surface area contributed by atoms with Crippen molar-refractivity contribution in [1.82, 2.24) is 10.6 Å². The molecule has 4 aliphatic rings. The van der Waals surface area contributed by atoms with Crippen LogP contribution in [0.1, 0.15) is 83.2 Å².